The van der Waals surface area contributed by atoms with Gasteiger partial charge in [0.15, 0.2) is 0 Å². The third kappa shape index (κ3) is 2.03. The van der Waals surface area contributed by atoms with Crippen LogP contribution < -0.4 is 10.6 Å². The van der Waals surface area contributed by atoms with Gasteiger partial charge in [-0.05, 0) is 30.5 Å². The maximum absolute atomic E-state index is 13.7. The normalized spacial score (nSPS) is 17.7. The second kappa shape index (κ2) is 4.53. The third-order valence-electron chi connectivity index (χ3n) is 3.43. The van der Waals surface area contributed by atoms with E-state index in [-0.39, 0.29) is 11.9 Å². The second-order valence-electron chi connectivity index (χ2n) is 4.69. The molecule has 0 saturated heterocycles. The minimum Gasteiger partial charge on any atom is -0.356 e. The first kappa shape index (κ1) is 12.0. The maximum atomic E-state index is 13.7. The van der Waals surface area contributed by atoms with Gasteiger partial charge >= 0.3 is 0 Å². The average Bonchev–Trinajstić information content (AvgIpc) is 2.85. The standard InChI is InChI=1S/C13H16FN5/c1-8-3-4-9(7-10(8)14)11-5-6-16-13-17-12(15-2)18-19(11)13/h3-4,7,11H,5-6H2,1-2H3,(H2,15,16,17,18). The van der Waals surface area contributed by atoms with Gasteiger partial charge in [0.25, 0.3) is 0 Å². The number of aromatic nitrogens is 3. The lowest BCUT2D eigenvalue weighted by atomic mass is 10.0. The quantitative estimate of drug-likeness (QED) is 0.870. The predicted molar refractivity (Wildman–Crippen MR) is 72.0 cm³/mol. The topological polar surface area (TPSA) is 54.8 Å². The van der Waals surface area contributed by atoms with E-state index in [1.54, 1.807) is 20.0 Å². The van der Waals surface area contributed by atoms with Gasteiger partial charge in [-0.25, -0.2) is 9.07 Å². The zero-order valence-electron chi connectivity index (χ0n) is 10.9. The molecule has 0 spiro atoms. The summed E-state index contributed by atoms with van der Waals surface area (Å²) >= 11 is 0. The monoisotopic (exact) mass is 261 g/mol. The van der Waals surface area contributed by atoms with Crippen molar-refractivity contribution in [2.24, 2.45) is 0 Å². The number of fused-ring (bicyclic) bond motifs is 1. The fourth-order valence-electron chi connectivity index (χ4n) is 2.33. The fraction of sp³-hybridized carbons (Fsp3) is 0.385. The minimum absolute atomic E-state index is 0.0287. The Hall–Kier alpha value is -2.11. The number of anilines is 2. The summed E-state index contributed by atoms with van der Waals surface area (Å²) in [4.78, 5) is 4.32. The Morgan fingerprint density at radius 2 is 2.32 bits per heavy atom. The van der Waals surface area contributed by atoms with Crippen molar-refractivity contribution in [3.8, 4) is 0 Å². The van der Waals surface area contributed by atoms with E-state index in [2.05, 4.69) is 20.7 Å². The van der Waals surface area contributed by atoms with Crippen molar-refractivity contribution in [3.05, 3.63) is 35.1 Å². The molecule has 2 aromatic rings. The summed E-state index contributed by atoms with van der Waals surface area (Å²) in [5.41, 5.74) is 1.59. The fourth-order valence-corrected chi connectivity index (χ4v) is 2.33. The van der Waals surface area contributed by atoms with Crippen LogP contribution in [-0.2, 0) is 0 Å². The zero-order valence-corrected chi connectivity index (χ0v) is 10.9. The second-order valence-corrected chi connectivity index (χ2v) is 4.69. The van der Waals surface area contributed by atoms with Crippen molar-refractivity contribution in [2.45, 2.75) is 19.4 Å². The first-order chi connectivity index (χ1) is 9.19. The molecule has 1 aliphatic rings. The number of halogens is 1. The van der Waals surface area contributed by atoms with Crippen molar-refractivity contribution in [1.29, 1.82) is 0 Å². The number of nitrogens with zero attached hydrogens (tertiary/aromatic N) is 3. The van der Waals surface area contributed by atoms with Gasteiger partial charge in [-0.3, -0.25) is 0 Å². The summed E-state index contributed by atoms with van der Waals surface area (Å²) in [7, 11) is 1.78. The highest BCUT2D eigenvalue weighted by molar-refractivity contribution is 5.39. The number of benzene rings is 1. The van der Waals surface area contributed by atoms with Crippen LogP contribution in [0.5, 0.6) is 0 Å². The van der Waals surface area contributed by atoms with E-state index in [0.717, 1.165) is 24.5 Å². The van der Waals surface area contributed by atoms with Gasteiger partial charge in [0, 0.05) is 13.6 Å². The van der Waals surface area contributed by atoms with Gasteiger partial charge in [-0.1, -0.05) is 12.1 Å². The maximum Gasteiger partial charge on any atom is 0.243 e. The molecule has 3 rings (SSSR count). The number of hydrogen-bond donors (Lipinski definition) is 2. The van der Waals surface area contributed by atoms with Gasteiger partial charge in [-0.2, -0.15) is 4.98 Å². The Labute approximate surface area is 110 Å². The number of rotatable bonds is 2. The average molecular weight is 261 g/mol. The molecule has 100 valence electrons. The molecule has 1 atom stereocenters. The number of hydrogen-bond acceptors (Lipinski definition) is 4. The molecule has 1 aromatic heterocycles. The molecule has 0 amide bonds. The van der Waals surface area contributed by atoms with Crippen LogP contribution in [-0.4, -0.2) is 28.4 Å². The molecule has 0 aliphatic carbocycles. The SMILES string of the molecule is CNc1nc2n(n1)C(c1ccc(C)c(F)c1)CCN2. The van der Waals surface area contributed by atoms with Crippen molar-refractivity contribution in [2.75, 3.05) is 24.2 Å². The van der Waals surface area contributed by atoms with Crippen LogP contribution in [0.2, 0.25) is 0 Å². The third-order valence-corrected chi connectivity index (χ3v) is 3.43. The van der Waals surface area contributed by atoms with Crippen LogP contribution in [0.4, 0.5) is 16.3 Å². The van der Waals surface area contributed by atoms with Crippen molar-refractivity contribution in [1.82, 2.24) is 14.8 Å². The number of aryl methyl sites for hydroxylation is 1. The lowest BCUT2D eigenvalue weighted by molar-refractivity contribution is 0.477. The lowest BCUT2D eigenvalue weighted by Crippen LogP contribution is -2.24. The Morgan fingerprint density at radius 1 is 1.47 bits per heavy atom. The Bertz CT molecular complexity index is 607. The summed E-state index contributed by atoms with van der Waals surface area (Å²) < 4.78 is 15.5. The minimum atomic E-state index is -0.175. The van der Waals surface area contributed by atoms with Crippen molar-refractivity contribution >= 4 is 11.9 Å². The van der Waals surface area contributed by atoms with E-state index in [9.17, 15) is 4.39 Å². The molecule has 19 heavy (non-hydrogen) atoms. The highest BCUT2D eigenvalue weighted by atomic mass is 19.1. The molecule has 2 heterocycles. The molecule has 0 radical (unpaired) electrons. The molecule has 0 fully saturated rings. The first-order valence-electron chi connectivity index (χ1n) is 6.33. The van der Waals surface area contributed by atoms with Crippen LogP contribution in [0.25, 0.3) is 0 Å². The zero-order chi connectivity index (χ0) is 13.4. The Kier molecular flexibility index (Phi) is 2.85. The highest BCUT2D eigenvalue weighted by Crippen LogP contribution is 2.29. The molecule has 6 heteroatoms. The molecule has 0 bridgehead atoms. The van der Waals surface area contributed by atoms with Crippen LogP contribution in [0, 0.1) is 12.7 Å². The molecular weight excluding hydrogens is 245 g/mol. The molecule has 0 saturated carbocycles. The molecule has 1 aliphatic heterocycles. The van der Waals surface area contributed by atoms with Crippen LogP contribution >= 0.6 is 0 Å². The lowest BCUT2D eigenvalue weighted by Gasteiger charge is -2.24. The Balaban J connectivity index is 2.02. The van der Waals surface area contributed by atoms with Crippen molar-refractivity contribution < 1.29 is 4.39 Å². The first-order valence-corrected chi connectivity index (χ1v) is 6.33. The smallest absolute Gasteiger partial charge is 0.243 e. The van der Waals surface area contributed by atoms with Gasteiger partial charge in [0.1, 0.15) is 5.82 Å². The van der Waals surface area contributed by atoms with E-state index in [4.69, 9.17) is 0 Å². The summed E-state index contributed by atoms with van der Waals surface area (Å²) in [6.45, 7) is 2.57. The highest BCUT2D eigenvalue weighted by Gasteiger charge is 2.24. The summed E-state index contributed by atoms with van der Waals surface area (Å²) in [5, 5.41) is 10.5. The molecular formula is C13H16FN5. The summed E-state index contributed by atoms with van der Waals surface area (Å²) in [5.74, 6) is 1.12. The van der Waals surface area contributed by atoms with Gasteiger partial charge in [0.05, 0.1) is 6.04 Å². The molecule has 1 unspecified atom stereocenters. The van der Waals surface area contributed by atoms with Crippen LogP contribution in [0.3, 0.4) is 0 Å². The van der Waals surface area contributed by atoms with E-state index in [1.807, 2.05) is 16.8 Å². The predicted octanol–water partition coefficient (Wildman–Crippen LogP) is 2.17. The summed E-state index contributed by atoms with van der Waals surface area (Å²) in [6.07, 6.45) is 0.863. The Morgan fingerprint density at radius 3 is 3.05 bits per heavy atom. The van der Waals surface area contributed by atoms with E-state index in [0.29, 0.717) is 11.5 Å². The molecule has 2 N–H and O–H groups in total. The molecule has 1 aromatic carbocycles. The molecule has 5 nitrogen and oxygen atoms in total. The van der Waals surface area contributed by atoms with E-state index < -0.39 is 0 Å². The van der Waals surface area contributed by atoms with E-state index in [1.165, 1.54) is 0 Å². The van der Waals surface area contributed by atoms with E-state index >= 15 is 0 Å². The van der Waals surface area contributed by atoms with Gasteiger partial charge in [-0.15, -0.1) is 5.10 Å². The van der Waals surface area contributed by atoms with Crippen LogP contribution in [0.15, 0.2) is 18.2 Å². The van der Waals surface area contributed by atoms with Gasteiger partial charge < -0.3 is 10.6 Å². The largest absolute Gasteiger partial charge is 0.356 e. The van der Waals surface area contributed by atoms with Crippen LogP contribution in [0.1, 0.15) is 23.6 Å². The summed E-state index contributed by atoms with van der Waals surface area (Å²) in [6, 6.07) is 5.39. The number of nitrogens with one attached hydrogen (secondary N) is 2. The van der Waals surface area contributed by atoms with Crippen molar-refractivity contribution in [3.63, 3.8) is 0 Å². The van der Waals surface area contributed by atoms with Gasteiger partial charge in [0.2, 0.25) is 11.9 Å².